The van der Waals surface area contributed by atoms with E-state index in [1.165, 1.54) is 14.2 Å². The minimum absolute atomic E-state index is 0.277. The molecule has 1 heterocycles. The molecule has 1 N–H and O–H groups in total. The Bertz CT molecular complexity index is 1150. The second-order valence-electron chi connectivity index (χ2n) is 6.87. The average Bonchev–Trinajstić information content (AvgIpc) is 3.27. The third-order valence-corrected chi connectivity index (χ3v) is 4.95. The number of nitrogens with zero attached hydrogens (tertiary/aromatic N) is 2. The van der Waals surface area contributed by atoms with E-state index < -0.39 is 0 Å². The van der Waals surface area contributed by atoms with Crippen LogP contribution in [0.5, 0.6) is 11.5 Å². The molecule has 0 aliphatic carbocycles. The van der Waals surface area contributed by atoms with Crippen molar-refractivity contribution in [2.45, 2.75) is 6.54 Å². The van der Waals surface area contributed by atoms with Crippen LogP contribution < -0.4 is 14.8 Å². The molecular weight excluding hydrogens is 390 g/mol. The number of hydrogen-bond acceptors (Lipinski definition) is 4. The summed E-state index contributed by atoms with van der Waals surface area (Å²) < 4.78 is 12.5. The zero-order valence-electron chi connectivity index (χ0n) is 17.4. The van der Waals surface area contributed by atoms with Crippen LogP contribution in [0.2, 0.25) is 0 Å². The minimum Gasteiger partial charge on any atom is -0.496 e. The molecule has 0 unspecified atom stereocenters. The van der Waals surface area contributed by atoms with Gasteiger partial charge in [0.25, 0.3) is 5.91 Å². The Morgan fingerprint density at radius 3 is 2.10 bits per heavy atom. The molecule has 0 bridgehead atoms. The fourth-order valence-corrected chi connectivity index (χ4v) is 3.43. The van der Waals surface area contributed by atoms with E-state index in [-0.39, 0.29) is 5.91 Å². The van der Waals surface area contributed by atoms with Crippen molar-refractivity contribution in [2.24, 2.45) is 0 Å². The summed E-state index contributed by atoms with van der Waals surface area (Å²) in [5.41, 5.74) is 4.01. The third kappa shape index (κ3) is 4.28. The highest BCUT2D eigenvalue weighted by Crippen LogP contribution is 2.29. The van der Waals surface area contributed by atoms with Crippen LogP contribution in [0.3, 0.4) is 0 Å². The van der Waals surface area contributed by atoms with Gasteiger partial charge in [-0.05, 0) is 24.3 Å². The van der Waals surface area contributed by atoms with Gasteiger partial charge in [-0.15, -0.1) is 0 Å². The highest BCUT2D eigenvalue weighted by atomic mass is 16.5. The van der Waals surface area contributed by atoms with Gasteiger partial charge in [0.15, 0.2) is 0 Å². The summed E-state index contributed by atoms with van der Waals surface area (Å²) in [6, 6.07) is 25.1. The van der Waals surface area contributed by atoms with E-state index in [9.17, 15) is 4.79 Å². The second kappa shape index (κ2) is 9.17. The zero-order chi connectivity index (χ0) is 21.6. The van der Waals surface area contributed by atoms with Crippen molar-refractivity contribution in [1.82, 2.24) is 15.1 Å². The summed E-state index contributed by atoms with van der Waals surface area (Å²) in [6.07, 6.45) is 1.94. The van der Waals surface area contributed by atoms with E-state index in [1.54, 1.807) is 18.2 Å². The summed E-state index contributed by atoms with van der Waals surface area (Å²) in [5, 5.41) is 7.77. The number of rotatable bonds is 7. The van der Waals surface area contributed by atoms with Crippen LogP contribution in [0.4, 0.5) is 0 Å². The molecule has 0 radical (unpaired) electrons. The standard InChI is InChI=1S/C25H23N3O3/c1-30-21-14-9-15-22(31-2)23(21)25(29)26-16-19-17-28(20-12-7-4-8-13-20)27-24(19)18-10-5-3-6-11-18/h3-15,17H,16H2,1-2H3,(H,26,29). The highest BCUT2D eigenvalue weighted by Gasteiger charge is 2.19. The molecule has 4 aromatic rings. The molecule has 0 fully saturated rings. The first-order chi connectivity index (χ1) is 15.2. The number of carbonyl (C=O) groups is 1. The van der Waals surface area contributed by atoms with Crippen LogP contribution >= 0.6 is 0 Å². The van der Waals surface area contributed by atoms with Crippen molar-refractivity contribution < 1.29 is 14.3 Å². The van der Waals surface area contributed by atoms with Gasteiger partial charge < -0.3 is 14.8 Å². The van der Waals surface area contributed by atoms with Crippen molar-refractivity contribution in [3.05, 3.63) is 96.2 Å². The number of methoxy groups -OCH3 is 2. The van der Waals surface area contributed by atoms with Gasteiger partial charge in [-0.1, -0.05) is 54.6 Å². The van der Waals surface area contributed by atoms with Gasteiger partial charge in [0.1, 0.15) is 17.1 Å². The predicted molar refractivity (Wildman–Crippen MR) is 120 cm³/mol. The monoisotopic (exact) mass is 413 g/mol. The van der Waals surface area contributed by atoms with Crippen LogP contribution in [0.1, 0.15) is 15.9 Å². The SMILES string of the molecule is COc1cccc(OC)c1C(=O)NCc1cn(-c2ccccc2)nc1-c1ccccc1. The topological polar surface area (TPSA) is 65.4 Å². The van der Waals surface area contributed by atoms with Gasteiger partial charge in [0.05, 0.1) is 25.6 Å². The van der Waals surface area contributed by atoms with Crippen molar-refractivity contribution >= 4 is 5.91 Å². The van der Waals surface area contributed by atoms with Gasteiger partial charge in [-0.25, -0.2) is 4.68 Å². The summed E-state index contributed by atoms with van der Waals surface area (Å²) >= 11 is 0. The van der Waals surface area contributed by atoms with Crippen LogP contribution in [-0.2, 0) is 6.54 Å². The summed E-state index contributed by atoms with van der Waals surface area (Å²) in [6.45, 7) is 0.303. The summed E-state index contributed by atoms with van der Waals surface area (Å²) in [4.78, 5) is 13.0. The molecule has 0 saturated heterocycles. The van der Waals surface area contributed by atoms with Crippen LogP contribution in [0, 0.1) is 0 Å². The molecule has 0 atom stereocenters. The molecule has 0 aliphatic heterocycles. The Labute approximate surface area is 181 Å². The van der Waals surface area contributed by atoms with Gasteiger partial charge in [-0.3, -0.25) is 4.79 Å². The Morgan fingerprint density at radius 1 is 0.871 bits per heavy atom. The quantitative estimate of drug-likeness (QED) is 0.485. The molecular formula is C25H23N3O3. The minimum atomic E-state index is -0.277. The largest absolute Gasteiger partial charge is 0.496 e. The molecule has 0 saturated carbocycles. The van der Waals surface area contributed by atoms with Crippen molar-refractivity contribution in [1.29, 1.82) is 0 Å². The predicted octanol–water partition coefficient (Wildman–Crippen LogP) is 4.49. The van der Waals surface area contributed by atoms with Gasteiger partial charge in [0.2, 0.25) is 0 Å². The Balaban J connectivity index is 1.66. The lowest BCUT2D eigenvalue weighted by Gasteiger charge is -2.13. The van der Waals surface area contributed by atoms with Gasteiger partial charge in [0, 0.05) is 23.9 Å². The zero-order valence-corrected chi connectivity index (χ0v) is 17.4. The number of hydrogen-bond donors (Lipinski definition) is 1. The summed E-state index contributed by atoms with van der Waals surface area (Å²) in [5.74, 6) is 0.640. The Morgan fingerprint density at radius 2 is 1.48 bits per heavy atom. The first-order valence-electron chi connectivity index (χ1n) is 9.90. The number of amides is 1. The van der Waals surface area contributed by atoms with E-state index >= 15 is 0 Å². The Hall–Kier alpha value is -4.06. The molecule has 3 aromatic carbocycles. The van der Waals surface area contributed by atoms with Crippen LogP contribution in [-0.4, -0.2) is 29.9 Å². The lowest BCUT2D eigenvalue weighted by atomic mass is 10.1. The molecule has 0 spiro atoms. The maximum absolute atomic E-state index is 13.0. The van der Waals surface area contributed by atoms with E-state index in [0.717, 1.165) is 22.5 Å². The molecule has 1 aromatic heterocycles. The summed E-state index contributed by atoms with van der Waals surface area (Å²) in [7, 11) is 3.06. The van der Waals surface area contributed by atoms with E-state index in [2.05, 4.69) is 5.32 Å². The van der Waals surface area contributed by atoms with Crippen LogP contribution in [0.25, 0.3) is 16.9 Å². The van der Waals surface area contributed by atoms with Gasteiger partial charge >= 0.3 is 0 Å². The van der Waals surface area contributed by atoms with Crippen molar-refractivity contribution in [2.75, 3.05) is 14.2 Å². The lowest BCUT2D eigenvalue weighted by molar-refractivity contribution is 0.0944. The molecule has 4 rings (SSSR count). The van der Waals surface area contributed by atoms with E-state index in [1.807, 2.05) is 71.5 Å². The van der Waals surface area contributed by atoms with E-state index in [0.29, 0.717) is 23.6 Å². The third-order valence-electron chi connectivity index (χ3n) is 4.95. The van der Waals surface area contributed by atoms with Crippen molar-refractivity contribution in [3.63, 3.8) is 0 Å². The molecule has 6 nitrogen and oxygen atoms in total. The average molecular weight is 413 g/mol. The number of benzene rings is 3. The molecule has 31 heavy (non-hydrogen) atoms. The first-order valence-corrected chi connectivity index (χ1v) is 9.90. The fourth-order valence-electron chi connectivity index (χ4n) is 3.43. The number of para-hydroxylation sites is 1. The molecule has 1 amide bonds. The Kier molecular flexibility index (Phi) is 5.98. The lowest BCUT2D eigenvalue weighted by Crippen LogP contribution is -2.24. The molecule has 0 aliphatic rings. The van der Waals surface area contributed by atoms with Crippen LogP contribution in [0.15, 0.2) is 85.1 Å². The van der Waals surface area contributed by atoms with Crippen molar-refractivity contribution in [3.8, 4) is 28.4 Å². The number of ether oxygens (including phenoxy) is 2. The number of nitrogens with one attached hydrogen (secondary N) is 1. The van der Waals surface area contributed by atoms with Gasteiger partial charge in [-0.2, -0.15) is 5.10 Å². The normalized spacial score (nSPS) is 10.5. The van der Waals surface area contributed by atoms with E-state index in [4.69, 9.17) is 14.6 Å². The molecule has 6 heteroatoms. The number of aromatic nitrogens is 2. The smallest absolute Gasteiger partial charge is 0.259 e. The second-order valence-corrected chi connectivity index (χ2v) is 6.87. The first kappa shape index (κ1) is 20.2. The highest BCUT2D eigenvalue weighted by molar-refractivity contribution is 5.99. The fraction of sp³-hybridized carbons (Fsp3) is 0.120. The number of carbonyl (C=O) groups excluding carboxylic acids is 1. The maximum atomic E-state index is 13.0. The molecule has 156 valence electrons. The maximum Gasteiger partial charge on any atom is 0.259 e.